The highest BCUT2D eigenvalue weighted by Gasteiger charge is 2.26. The Balaban J connectivity index is 1.69. The van der Waals surface area contributed by atoms with Crippen LogP contribution in [0.2, 0.25) is 0 Å². The second-order valence-electron chi connectivity index (χ2n) is 4.45. The number of hydrogen-bond acceptors (Lipinski definition) is 3. The van der Waals surface area contributed by atoms with Gasteiger partial charge in [-0.1, -0.05) is 24.3 Å². The maximum Gasteiger partial charge on any atom is 0.128 e. The molecule has 1 unspecified atom stereocenters. The van der Waals surface area contributed by atoms with Crippen molar-refractivity contribution in [3.8, 4) is 0 Å². The number of fused-ring (bicyclic) bond motifs is 1. The van der Waals surface area contributed by atoms with E-state index < -0.39 is 0 Å². The van der Waals surface area contributed by atoms with Crippen LogP contribution in [0.5, 0.6) is 0 Å². The highest BCUT2D eigenvalue weighted by molar-refractivity contribution is 8.06. The SMILES string of the molecule is N=C1c2ccccc2CN1CC1CSCCS1. The van der Waals surface area contributed by atoms with Crippen LogP contribution in [0.1, 0.15) is 11.1 Å². The van der Waals surface area contributed by atoms with Crippen molar-refractivity contribution in [3.63, 3.8) is 0 Å². The molecule has 0 bridgehead atoms. The van der Waals surface area contributed by atoms with Gasteiger partial charge in [-0.3, -0.25) is 5.41 Å². The topological polar surface area (TPSA) is 27.1 Å². The highest BCUT2D eigenvalue weighted by atomic mass is 32.2. The summed E-state index contributed by atoms with van der Waals surface area (Å²) in [4.78, 5) is 2.23. The van der Waals surface area contributed by atoms with Gasteiger partial charge >= 0.3 is 0 Å². The molecule has 0 aliphatic carbocycles. The van der Waals surface area contributed by atoms with Crippen molar-refractivity contribution < 1.29 is 0 Å². The van der Waals surface area contributed by atoms with Crippen molar-refractivity contribution in [2.45, 2.75) is 11.8 Å². The van der Waals surface area contributed by atoms with Crippen LogP contribution < -0.4 is 0 Å². The monoisotopic (exact) mass is 264 g/mol. The van der Waals surface area contributed by atoms with Gasteiger partial charge in [-0.25, -0.2) is 0 Å². The van der Waals surface area contributed by atoms with Crippen LogP contribution in [0.15, 0.2) is 24.3 Å². The first kappa shape index (κ1) is 11.5. The molecule has 17 heavy (non-hydrogen) atoms. The van der Waals surface area contributed by atoms with Crippen molar-refractivity contribution in [1.29, 1.82) is 5.41 Å². The summed E-state index contributed by atoms with van der Waals surface area (Å²) < 4.78 is 0. The highest BCUT2D eigenvalue weighted by Crippen LogP contribution is 2.28. The molecule has 4 heteroatoms. The van der Waals surface area contributed by atoms with Crippen LogP contribution in [0.3, 0.4) is 0 Å². The van der Waals surface area contributed by atoms with Crippen LogP contribution >= 0.6 is 23.5 Å². The molecule has 90 valence electrons. The van der Waals surface area contributed by atoms with Crippen molar-refractivity contribution in [2.24, 2.45) is 0 Å². The number of amidine groups is 1. The molecule has 1 saturated heterocycles. The van der Waals surface area contributed by atoms with Gasteiger partial charge in [0.05, 0.1) is 0 Å². The van der Waals surface area contributed by atoms with E-state index in [1.807, 2.05) is 6.07 Å². The standard InChI is InChI=1S/C13H16N2S2/c14-13-12-4-2-1-3-10(12)7-15(13)8-11-9-16-5-6-17-11/h1-4,11,14H,5-9H2. The third-order valence-electron chi connectivity index (χ3n) is 3.26. The lowest BCUT2D eigenvalue weighted by atomic mass is 10.1. The number of rotatable bonds is 2. The molecule has 1 N–H and O–H groups in total. The largest absolute Gasteiger partial charge is 0.351 e. The fourth-order valence-corrected chi connectivity index (χ4v) is 5.07. The van der Waals surface area contributed by atoms with E-state index in [0.717, 1.165) is 24.5 Å². The van der Waals surface area contributed by atoms with Gasteiger partial charge in [-0.2, -0.15) is 23.5 Å². The molecule has 1 aromatic carbocycles. The molecule has 0 amide bonds. The Labute approximate surface area is 111 Å². The lowest BCUT2D eigenvalue weighted by molar-refractivity contribution is 0.433. The lowest BCUT2D eigenvalue weighted by Crippen LogP contribution is -2.34. The van der Waals surface area contributed by atoms with Crippen molar-refractivity contribution in [1.82, 2.24) is 4.90 Å². The van der Waals surface area contributed by atoms with Crippen LogP contribution in [-0.2, 0) is 6.54 Å². The lowest BCUT2D eigenvalue weighted by Gasteiger charge is -2.27. The molecule has 1 fully saturated rings. The zero-order valence-corrected chi connectivity index (χ0v) is 11.3. The fourth-order valence-electron chi connectivity index (χ4n) is 2.39. The van der Waals surface area contributed by atoms with Crippen molar-refractivity contribution in [2.75, 3.05) is 23.8 Å². The molecule has 0 aromatic heterocycles. The predicted octanol–water partition coefficient (Wildman–Crippen LogP) is 2.68. The van der Waals surface area contributed by atoms with Crippen LogP contribution in [-0.4, -0.2) is 39.8 Å². The molecule has 2 heterocycles. The molecule has 0 radical (unpaired) electrons. The summed E-state index contributed by atoms with van der Waals surface area (Å²) in [6, 6.07) is 8.32. The Bertz CT molecular complexity index is 427. The first-order chi connectivity index (χ1) is 8.34. The van der Waals surface area contributed by atoms with Gasteiger partial charge in [-0.05, 0) is 5.56 Å². The fraction of sp³-hybridized carbons (Fsp3) is 0.462. The summed E-state index contributed by atoms with van der Waals surface area (Å²) in [7, 11) is 0. The quantitative estimate of drug-likeness (QED) is 0.890. The average molecular weight is 264 g/mol. The number of hydrogen-bond donors (Lipinski definition) is 1. The predicted molar refractivity (Wildman–Crippen MR) is 77.3 cm³/mol. The van der Waals surface area contributed by atoms with E-state index in [0.29, 0.717) is 5.25 Å². The summed E-state index contributed by atoms with van der Waals surface area (Å²) in [6.07, 6.45) is 0. The van der Waals surface area contributed by atoms with Gasteiger partial charge in [0.2, 0.25) is 0 Å². The Kier molecular flexibility index (Phi) is 3.34. The molecule has 1 atom stereocenters. The summed E-state index contributed by atoms with van der Waals surface area (Å²) >= 11 is 4.13. The summed E-state index contributed by atoms with van der Waals surface area (Å²) in [5, 5.41) is 8.91. The van der Waals surface area contributed by atoms with Gasteiger partial charge in [0.1, 0.15) is 5.84 Å². The Morgan fingerprint density at radius 3 is 2.94 bits per heavy atom. The molecule has 2 nitrogen and oxygen atoms in total. The second-order valence-corrected chi connectivity index (χ2v) is 7.01. The van der Waals surface area contributed by atoms with E-state index in [2.05, 4.69) is 46.6 Å². The van der Waals surface area contributed by atoms with Gasteiger partial charge in [0.15, 0.2) is 0 Å². The van der Waals surface area contributed by atoms with E-state index in [1.54, 1.807) is 0 Å². The van der Waals surface area contributed by atoms with E-state index >= 15 is 0 Å². The van der Waals surface area contributed by atoms with Crippen LogP contribution in [0, 0.1) is 5.41 Å². The number of thioether (sulfide) groups is 2. The molecule has 1 aromatic rings. The number of nitrogens with zero attached hydrogens (tertiary/aromatic N) is 1. The summed E-state index contributed by atoms with van der Waals surface area (Å²) in [6.45, 7) is 1.96. The van der Waals surface area contributed by atoms with Crippen LogP contribution in [0.4, 0.5) is 0 Å². The summed E-state index contributed by atoms with van der Waals surface area (Å²) in [5.41, 5.74) is 2.44. The average Bonchev–Trinajstić information content (AvgIpc) is 2.68. The van der Waals surface area contributed by atoms with Crippen molar-refractivity contribution in [3.05, 3.63) is 35.4 Å². The van der Waals surface area contributed by atoms with Gasteiger partial charge < -0.3 is 4.90 Å². The molecule has 2 aliphatic rings. The van der Waals surface area contributed by atoms with Gasteiger partial charge in [0.25, 0.3) is 0 Å². The third-order valence-corrected chi connectivity index (χ3v) is 6.09. The maximum atomic E-state index is 8.22. The van der Waals surface area contributed by atoms with Gasteiger partial charge in [0, 0.05) is 41.2 Å². The molecule has 2 aliphatic heterocycles. The first-order valence-electron chi connectivity index (χ1n) is 5.96. The summed E-state index contributed by atoms with van der Waals surface area (Å²) in [5.74, 6) is 4.52. The van der Waals surface area contributed by atoms with Crippen LogP contribution in [0.25, 0.3) is 0 Å². The zero-order valence-electron chi connectivity index (χ0n) is 9.69. The molecular formula is C13H16N2S2. The van der Waals surface area contributed by atoms with Crippen molar-refractivity contribution >= 4 is 29.4 Å². The minimum absolute atomic E-state index is 0.698. The molecule has 0 spiro atoms. The van der Waals surface area contributed by atoms with E-state index in [1.165, 1.54) is 22.8 Å². The Morgan fingerprint density at radius 1 is 1.29 bits per heavy atom. The third kappa shape index (κ3) is 2.33. The van der Waals surface area contributed by atoms with E-state index in [4.69, 9.17) is 5.41 Å². The van der Waals surface area contributed by atoms with E-state index in [-0.39, 0.29) is 0 Å². The minimum Gasteiger partial charge on any atom is -0.351 e. The Hall–Kier alpha value is -0.610. The molecular weight excluding hydrogens is 248 g/mol. The van der Waals surface area contributed by atoms with Gasteiger partial charge in [-0.15, -0.1) is 0 Å². The zero-order chi connectivity index (χ0) is 11.7. The molecule has 3 rings (SSSR count). The smallest absolute Gasteiger partial charge is 0.128 e. The Morgan fingerprint density at radius 2 is 2.18 bits per heavy atom. The van der Waals surface area contributed by atoms with E-state index in [9.17, 15) is 0 Å². The second kappa shape index (κ2) is 4.94. The number of benzene rings is 1. The minimum atomic E-state index is 0.698. The molecule has 0 saturated carbocycles. The normalized spacial score (nSPS) is 23.9. The first-order valence-corrected chi connectivity index (χ1v) is 8.16. The number of nitrogens with one attached hydrogen (secondary N) is 1. The maximum absolute atomic E-state index is 8.22.